The molecule has 0 nitrogen and oxygen atoms in total. The first kappa shape index (κ1) is 5.87. The molecule has 0 N–H and O–H groups in total. The Labute approximate surface area is 42.9 Å². The summed E-state index contributed by atoms with van der Waals surface area (Å²) in [6.45, 7) is 5.43. The van der Waals surface area contributed by atoms with E-state index in [0.29, 0.717) is 0 Å². The Kier molecular flexibility index (Phi) is 3.01. The standard InChI is InChI=1S/C5H8S/c1-4-5(2)6-3/h1H2,2-3H3. The highest BCUT2D eigenvalue weighted by atomic mass is 32.2. The molecule has 0 heterocycles. The van der Waals surface area contributed by atoms with Gasteiger partial charge in [0.2, 0.25) is 0 Å². The molecule has 0 rings (SSSR count). The Balaban J connectivity index is 3.52. The van der Waals surface area contributed by atoms with E-state index in [4.69, 9.17) is 0 Å². The first-order valence-corrected chi connectivity index (χ1v) is 2.94. The summed E-state index contributed by atoms with van der Waals surface area (Å²) in [5.41, 5.74) is 2.74. The van der Waals surface area contributed by atoms with Crippen molar-refractivity contribution in [2.75, 3.05) is 6.26 Å². The Morgan fingerprint density at radius 2 is 2.33 bits per heavy atom. The number of rotatable bonds is 1. The summed E-state index contributed by atoms with van der Waals surface area (Å²) in [5, 5.41) is 0. The van der Waals surface area contributed by atoms with E-state index < -0.39 is 0 Å². The summed E-state index contributed by atoms with van der Waals surface area (Å²) in [4.78, 5) is 1.15. The largest absolute Gasteiger partial charge is 0.126 e. The van der Waals surface area contributed by atoms with Gasteiger partial charge in [-0.2, -0.15) is 0 Å². The van der Waals surface area contributed by atoms with Crippen molar-refractivity contribution < 1.29 is 0 Å². The smallest absolute Gasteiger partial charge is 0.0225 e. The van der Waals surface area contributed by atoms with Crippen LogP contribution in [-0.2, 0) is 0 Å². The van der Waals surface area contributed by atoms with Crippen LogP contribution in [0.4, 0.5) is 0 Å². The summed E-state index contributed by atoms with van der Waals surface area (Å²) in [6.07, 6.45) is 2.01. The highest BCUT2D eigenvalue weighted by molar-refractivity contribution is 8.02. The topological polar surface area (TPSA) is 0 Å². The van der Waals surface area contributed by atoms with Crippen LogP contribution in [-0.4, -0.2) is 6.26 Å². The zero-order valence-electron chi connectivity index (χ0n) is 4.12. The van der Waals surface area contributed by atoms with E-state index in [1.165, 1.54) is 0 Å². The summed E-state index contributed by atoms with van der Waals surface area (Å²) >= 11 is 1.67. The Hall–Kier alpha value is -0.130. The van der Waals surface area contributed by atoms with Crippen LogP contribution in [0.15, 0.2) is 17.2 Å². The highest BCUT2D eigenvalue weighted by Gasteiger charge is 1.72. The van der Waals surface area contributed by atoms with Gasteiger partial charge in [0.15, 0.2) is 0 Å². The number of thioether (sulfide) groups is 1. The molecular weight excluding hydrogens is 92.1 g/mol. The normalized spacial score (nSPS) is 7.00. The van der Waals surface area contributed by atoms with E-state index in [-0.39, 0.29) is 0 Å². The second-order valence-corrected chi connectivity index (χ2v) is 1.96. The zero-order chi connectivity index (χ0) is 4.99. The van der Waals surface area contributed by atoms with Gasteiger partial charge in [0.1, 0.15) is 0 Å². The van der Waals surface area contributed by atoms with Crippen molar-refractivity contribution in [2.45, 2.75) is 6.92 Å². The first-order valence-electron chi connectivity index (χ1n) is 1.72. The Morgan fingerprint density at radius 3 is 2.33 bits per heavy atom. The van der Waals surface area contributed by atoms with Crippen molar-refractivity contribution in [1.82, 2.24) is 0 Å². The molecule has 34 valence electrons. The second kappa shape index (κ2) is 3.08. The van der Waals surface area contributed by atoms with Gasteiger partial charge in [0, 0.05) is 4.91 Å². The first-order chi connectivity index (χ1) is 2.81. The predicted octanol–water partition coefficient (Wildman–Crippen LogP) is 2.04. The third-order valence-corrected chi connectivity index (χ3v) is 1.31. The summed E-state index contributed by atoms with van der Waals surface area (Å²) < 4.78 is 0. The van der Waals surface area contributed by atoms with Gasteiger partial charge < -0.3 is 0 Å². The fraction of sp³-hybridized carbons (Fsp3) is 0.400. The number of hydrogen-bond donors (Lipinski definition) is 0. The molecule has 0 aliphatic rings. The maximum atomic E-state index is 3.45. The van der Waals surface area contributed by atoms with Gasteiger partial charge in [-0.1, -0.05) is 6.58 Å². The maximum absolute atomic E-state index is 3.45. The van der Waals surface area contributed by atoms with E-state index >= 15 is 0 Å². The lowest BCUT2D eigenvalue weighted by molar-refractivity contribution is 1.71. The lowest BCUT2D eigenvalue weighted by atomic mass is 10.7. The number of hydrogen-bond acceptors (Lipinski definition) is 1. The van der Waals surface area contributed by atoms with Crippen molar-refractivity contribution >= 4 is 11.8 Å². The van der Waals surface area contributed by atoms with E-state index in [2.05, 4.69) is 12.3 Å². The molecule has 0 atom stereocenters. The number of allylic oxidation sites excluding steroid dienone is 1. The van der Waals surface area contributed by atoms with Crippen LogP contribution in [0, 0.1) is 0 Å². The zero-order valence-corrected chi connectivity index (χ0v) is 4.93. The van der Waals surface area contributed by atoms with E-state index in [1.54, 1.807) is 11.8 Å². The minimum Gasteiger partial charge on any atom is -0.126 e. The molecule has 0 amide bonds. The average Bonchev–Trinajstić information content (AvgIpc) is 1.65. The van der Waals surface area contributed by atoms with Gasteiger partial charge in [-0.25, -0.2) is 0 Å². The lowest BCUT2D eigenvalue weighted by Gasteiger charge is -1.80. The molecule has 0 aliphatic carbocycles. The Bertz CT molecular complexity index is 77.9. The minimum absolute atomic E-state index is 1.15. The van der Waals surface area contributed by atoms with Gasteiger partial charge in [-0.3, -0.25) is 0 Å². The van der Waals surface area contributed by atoms with E-state index in [1.807, 2.05) is 13.2 Å². The molecular formula is C5H8S. The van der Waals surface area contributed by atoms with Crippen LogP contribution in [0.3, 0.4) is 0 Å². The third kappa shape index (κ3) is 2.13. The fourth-order valence-electron chi connectivity index (χ4n) is 0.0722. The average molecular weight is 100 g/mol. The van der Waals surface area contributed by atoms with Crippen molar-refractivity contribution in [3.63, 3.8) is 0 Å². The monoisotopic (exact) mass is 100 g/mol. The maximum Gasteiger partial charge on any atom is 0.0225 e. The van der Waals surface area contributed by atoms with Crippen molar-refractivity contribution in [3.8, 4) is 0 Å². The quantitative estimate of drug-likeness (QED) is 0.454. The summed E-state index contributed by atoms with van der Waals surface area (Å²) in [7, 11) is 0. The van der Waals surface area contributed by atoms with Crippen LogP contribution in [0.5, 0.6) is 0 Å². The predicted molar refractivity (Wildman–Crippen MR) is 31.8 cm³/mol. The Morgan fingerprint density at radius 1 is 1.83 bits per heavy atom. The van der Waals surface area contributed by atoms with Crippen LogP contribution in [0.25, 0.3) is 0 Å². The van der Waals surface area contributed by atoms with Crippen LogP contribution in [0.1, 0.15) is 6.92 Å². The molecule has 0 bridgehead atoms. The SMILES string of the molecule is C=C=C(C)SC. The van der Waals surface area contributed by atoms with Gasteiger partial charge in [-0.15, -0.1) is 17.5 Å². The van der Waals surface area contributed by atoms with Gasteiger partial charge in [0.25, 0.3) is 0 Å². The molecule has 0 saturated carbocycles. The lowest BCUT2D eigenvalue weighted by Crippen LogP contribution is -1.52. The summed E-state index contributed by atoms with van der Waals surface area (Å²) in [6, 6.07) is 0. The minimum atomic E-state index is 1.15. The molecule has 6 heavy (non-hydrogen) atoms. The molecule has 0 spiro atoms. The molecule has 0 aromatic heterocycles. The van der Waals surface area contributed by atoms with E-state index in [9.17, 15) is 0 Å². The van der Waals surface area contributed by atoms with Gasteiger partial charge >= 0.3 is 0 Å². The van der Waals surface area contributed by atoms with Crippen LogP contribution >= 0.6 is 11.8 Å². The second-order valence-electron chi connectivity index (χ2n) is 0.937. The summed E-state index contributed by atoms with van der Waals surface area (Å²) in [5.74, 6) is 0. The molecule has 0 aromatic carbocycles. The van der Waals surface area contributed by atoms with Crippen LogP contribution in [0.2, 0.25) is 0 Å². The molecule has 0 radical (unpaired) electrons. The third-order valence-electron chi connectivity index (χ3n) is 0.555. The molecule has 0 saturated heterocycles. The molecule has 0 aliphatic heterocycles. The molecule has 0 unspecified atom stereocenters. The van der Waals surface area contributed by atoms with Crippen molar-refractivity contribution in [2.24, 2.45) is 0 Å². The van der Waals surface area contributed by atoms with Crippen molar-refractivity contribution in [1.29, 1.82) is 0 Å². The molecule has 1 heteroatoms. The molecule has 0 aromatic rings. The van der Waals surface area contributed by atoms with Crippen LogP contribution < -0.4 is 0 Å². The van der Waals surface area contributed by atoms with E-state index in [0.717, 1.165) is 4.91 Å². The van der Waals surface area contributed by atoms with Gasteiger partial charge in [-0.05, 0) is 13.2 Å². The van der Waals surface area contributed by atoms with Gasteiger partial charge in [0.05, 0.1) is 0 Å². The van der Waals surface area contributed by atoms with Crippen molar-refractivity contribution in [3.05, 3.63) is 17.2 Å². The highest BCUT2D eigenvalue weighted by Crippen LogP contribution is 2.04. The molecule has 0 fully saturated rings. The fourth-order valence-corrected chi connectivity index (χ4v) is 0.217.